The molecule has 1 unspecified atom stereocenters. The second-order valence-electron chi connectivity index (χ2n) is 4.70. The van der Waals surface area contributed by atoms with Gasteiger partial charge in [0.1, 0.15) is 0 Å². The van der Waals surface area contributed by atoms with Crippen LogP contribution in [0.2, 0.25) is 0 Å². The zero-order valence-electron chi connectivity index (χ0n) is 11.2. The molecule has 106 valence electrons. The molecule has 2 aromatic carbocycles. The van der Waals surface area contributed by atoms with Gasteiger partial charge < -0.3 is 5.11 Å². The summed E-state index contributed by atoms with van der Waals surface area (Å²) in [6.45, 7) is 0. The zero-order chi connectivity index (χ0) is 14.7. The third-order valence-corrected chi connectivity index (χ3v) is 5.41. The first-order valence-corrected chi connectivity index (χ1v) is 8.41. The molecule has 1 N–H and O–H groups in total. The summed E-state index contributed by atoms with van der Waals surface area (Å²) in [6.07, 6.45) is 3.07. The highest BCUT2D eigenvalue weighted by Crippen LogP contribution is 2.32. The molecule has 2 nitrogen and oxygen atoms in total. The standard InChI is InChI=1S/C17H14BrNOS/c18-15-6-1-2-7-17(15)21-11-16(20)13-5-3-4-12-8-9-19-10-14(12)13/h1-10,16,20H,11H2. The fraction of sp³-hybridized carbons (Fsp3) is 0.118. The summed E-state index contributed by atoms with van der Waals surface area (Å²) in [7, 11) is 0. The molecule has 0 radical (unpaired) electrons. The lowest BCUT2D eigenvalue weighted by molar-refractivity contribution is 0.205. The molecular formula is C17H14BrNOS. The van der Waals surface area contributed by atoms with Gasteiger partial charge in [-0.15, -0.1) is 11.8 Å². The number of hydrogen-bond donors (Lipinski definition) is 1. The molecule has 3 aromatic rings. The first kappa shape index (κ1) is 14.6. The Morgan fingerprint density at radius 3 is 2.81 bits per heavy atom. The Kier molecular flexibility index (Phi) is 4.58. The van der Waals surface area contributed by atoms with Crippen molar-refractivity contribution in [2.45, 2.75) is 11.0 Å². The fourth-order valence-corrected chi connectivity index (χ4v) is 3.77. The number of hydrogen-bond acceptors (Lipinski definition) is 3. The third kappa shape index (κ3) is 3.28. The van der Waals surface area contributed by atoms with Gasteiger partial charge in [-0.05, 0) is 45.1 Å². The molecular weight excluding hydrogens is 346 g/mol. The van der Waals surface area contributed by atoms with E-state index in [1.165, 1.54) is 0 Å². The Labute approximate surface area is 136 Å². The van der Waals surface area contributed by atoms with E-state index in [9.17, 15) is 5.11 Å². The van der Waals surface area contributed by atoms with Crippen LogP contribution >= 0.6 is 27.7 Å². The van der Waals surface area contributed by atoms with Gasteiger partial charge in [-0.2, -0.15) is 0 Å². The molecule has 0 aliphatic carbocycles. The number of rotatable bonds is 4. The third-order valence-electron chi connectivity index (χ3n) is 3.31. The molecule has 0 fully saturated rings. The fourth-order valence-electron chi connectivity index (χ4n) is 2.25. The van der Waals surface area contributed by atoms with Crippen molar-refractivity contribution in [2.24, 2.45) is 0 Å². The van der Waals surface area contributed by atoms with Gasteiger partial charge in [0.05, 0.1) is 6.10 Å². The van der Waals surface area contributed by atoms with Gasteiger partial charge in [-0.1, -0.05) is 30.3 Å². The number of thioether (sulfide) groups is 1. The molecule has 0 aliphatic heterocycles. The zero-order valence-corrected chi connectivity index (χ0v) is 13.6. The number of aromatic nitrogens is 1. The number of halogens is 1. The van der Waals surface area contributed by atoms with Crippen LogP contribution in [0, 0.1) is 0 Å². The summed E-state index contributed by atoms with van der Waals surface area (Å²) >= 11 is 5.17. The van der Waals surface area contributed by atoms with Crippen LogP contribution in [0.3, 0.4) is 0 Å². The van der Waals surface area contributed by atoms with Crippen molar-refractivity contribution in [3.05, 3.63) is 71.0 Å². The minimum Gasteiger partial charge on any atom is -0.388 e. The normalized spacial score (nSPS) is 12.5. The van der Waals surface area contributed by atoms with Crippen molar-refractivity contribution < 1.29 is 5.11 Å². The van der Waals surface area contributed by atoms with Crippen molar-refractivity contribution in [3.8, 4) is 0 Å². The van der Waals surface area contributed by atoms with Crippen LogP contribution in [0.4, 0.5) is 0 Å². The number of benzene rings is 2. The molecule has 0 saturated heterocycles. The van der Waals surface area contributed by atoms with Crippen LogP contribution in [-0.4, -0.2) is 15.8 Å². The maximum Gasteiger partial charge on any atom is 0.0890 e. The van der Waals surface area contributed by atoms with Gasteiger partial charge >= 0.3 is 0 Å². The first-order valence-electron chi connectivity index (χ1n) is 6.64. The predicted octanol–water partition coefficient (Wildman–Crippen LogP) is 4.82. The van der Waals surface area contributed by atoms with Gasteiger partial charge in [0.25, 0.3) is 0 Å². The van der Waals surface area contributed by atoms with Crippen LogP contribution in [0.1, 0.15) is 11.7 Å². The summed E-state index contributed by atoms with van der Waals surface area (Å²) in [4.78, 5) is 5.30. The van der Waals surface area contributed by atoms with E-state index in [2.05, 4.69) is 20.9 Å². The summed E-state index contributed by atoms with van der Waals surface area (Å²) in [6, 6.07) is 16.0. The Morgan fingerprint density at radius 1 is 1.10 bits per heavy atom. The molecule has 0 spiro atoms. The largest absolute Gasteiger partial charge is 0.388 e. The van der Waals surface area contributed by atoms with Gasteiger partial charge in [0.2, 0.25) is 0 Å². The maximum absolute atomic E-state index is 10.5. The highest BCUT2D eigenvalue weighted by atomic mass is 79.9. The second kappa shape index (κ2) is 6.60. The first-order chi connectivity index (χ1) is 10.3. The maximum atomic E-state index is 10.5. The summed E-state index contributed by atoms with van der Waals surface area (Å²) in [5, 5.41) is 12.6. The minimum absolute atomic E-state index is 0.519. The van der Waals surface area contributed by atoms with Crippen molar-refractivity contribution in [3.63, 3.8) is 0 Å². The minimum atomic E-state index is -0.519. The van der Waals surface area contributed by atoms with Crippen LogP contribution in [0.5, 0.6) is 0 Å². The Hall–Kier alpha value is -1.36. The Morgan fingerprint density at radius 2 is 1.95 bits per heavy atom. The molecule has 0 bridgehead atoms. The van der Waals surface area contributed by atoms with Gasteiger partial charge in [0, 0.05) is 32.9 Å². The second-order valence-corrected chi connectivity index (χ2v) is 6.62. The van der Waals surface area contributed by atoms with E-state index in [-0.39, 0.29) is 0 Å². The lowest BCUT2D eigenvalue weighted by Crippen LogP contribution is -2.01. The number of pyridine rings is 1. The summed E-state index contributed by atoms with van der Waals surface area (Å²) < 4.78 is 1.06. The van der Waals surface area contributed by atoms with E-state index in [4.69, 9.17) is 0 Å². The van der Waals surface area contributed by atoms with Crippen molar-refractivity contribution in [1.82, 2.24) is 4.98 Å². The van der Waals surface area contributed by atoms with Gasteiger partial charge in [0.15, 0.2) is 0 Å². The Bertz CT molecular complexity index is 757. The smallest absolute Gasteiger partial charge is 0.0890 e. The average Bonchev–Trinajstić information content (AvgIpc) is 2.53. The topological polar surface area (TPSA) is 33.1 Å². The van der Waals surface area contributed by atoms with E-state index in [0.717, 1.165) is 25.7 Å². The molecule has 1 atom stereocenters. The molecule has 0 amide bonds. The lowest BCUT2D eigenvalue weighted by atomic mass is 10.0. The van der Waals surface area contributed by atoms with E-state index in [1.54, 1.807) is 18.0 Å². The van der Waals surface area contributed by atoms with Crippen LogP contribution in [-0.2, 0) is 0 Å². The van der Waals surface area contributed by atoms with Gasteiger partial charge in [-0.25, -0.2) is 0 Å². The lowest BCUT2D eigenvalue weighted by Gasteiger charge is -2.13. The summed E-state index contributed by atoms with van der Waals surface area (Å²) in [5.74, 6) is 0.608. The molecule has 3 rings (SSSR count). The monoisotopic (exact) mass is 359 g/mol. The van der Waals surface area contributed by atoms with Crippen LogP contribution in [0.25, 0.3) is 10.8 Å². The van der Waals surface area contributed by atoms with Gasteiger partial charge in [-0.3, -0.25) is 4.98 Å². The molecule has 0 saturated carbocycles. The van der Waals surface area contributed by atoms with E-state index in [0.29, 0.717) is 5.75 Å². The number of nitrogens with zero attached hydrogens (tertiary/aromatic N) is 1. The van der Waals surface area contributed by atoms with E-state index >= 15 is 0 Å². The molecule has 1 aromatic heterocycles. The predicted molar refractivity (Wildman–Crippen MR) is 91.6 cm³/mol. The average molecular weight is 360 g/mol. The van der Waals surface area contributed by atoms with Crippen LogP contribution in [0.15, 0.2) is 70.3 Å². The molecule has 0 aliphatic rings. The van der Waals surface area contributed by atoms with Crippen LogP contribution < -0.4 is 0 Å². The van der Waals surface area contributed by atoms with Crippen molar-refractivity contribution in [1.29, 1.82) is 0 Å². The molecule has 21 heavy (non-hydrogen) atoms. The highest BCUT2D eigenvalue weighted by molar-refractivity contribution is 9.10. The quantitative estimate of drug-likeness (QED) is 0.677. The number of aliphatic hydroxyl groups is 1. The number of fused-ring (bicyclic) bond motifs is 1. The van der Waals surface area contributed by atoms with E-state index < -0.39 is 6.10 Å². The highest BCUT2D eigenvalue weighted by Gasteiger charge is 2.12. The Balaban J connectivity index is 1.81. The SMILES string of the molecule is OC(CSc1ccccc1Br)c1cccc2ccncc12. The van der Waals surface area contributed by atoms with Crippen molar-refractivity contribution in [2.75, 3.05) is 5.75 Å². The van der Waals surface area contributed by atoms with Crippen molar-refractivity contribution >= 4 is 38.5 Å². The summed E-state index contributed by atoms with van der Waals surface area (Å²) in [5.41, 5.74) is 0.931. The molecule has 4 heteroatoms. The number of aliphatic hydroxyl groups excluding tert-OH is 1. The molecule has 1 heterocycles. The van der Waals surface area contributed by atoms with E-state index in [1.807, 2.05) is 54.7 Å².